The van der Waals surface area contributed by atoms with Gasteiger partial charge in [-0.1, -0.05) is 18.2 Å². The van der Waals surface area contributed by atoms with Crippen LogP contribution in [0.3, 0.4) is 0 Å². The summed E-state index contributed by atoms with van der Waals surface area (Å²) < 4.78 is 18.2. The van der Waals surface area contributed by atoms with Crippen molar-refractivity contribution in [2.24, 2.45) is 0 Å². The van der Waals surface area contributed by atoms with Gasteiger partial charge in [0.05, 0.1) is 27.0 Å². The Morgan fingerprint density at radius 3 is 2.42 bits per heavy atom. The summed E-state index contributed by atoms with van der Waals surface area (Å²) in [5, 5.41) is 6.58. The number of methoxy groups -OCH3 is 3. The van der Waals surface area contributed by atoms with Crippen molar-refractivity contribution in [2.75, 3.05) is 26.6 Å². The van der Waals surface area contributed by atoms with E-state index in [1.807, 2.05) is 12.1 Å². The Labute approximate surface area is 184 Å². The van der Waals surface area contributed by atoms with Crippen LogP contribution >= 0.6 is 11.3 Å². The molecule has 0 aliphatic heterocycles. The highest BCUT2D eigenvalue weighted by molar-refractivity contribution is 7.13. The van der Waals surface area contributed by atoms with E-state index in [0.29, 0.717) is 28.6 Å². The lowest BCUT2D eigenvalue weighted by Crippen LogP contribution is -2.12. The average molecular weight is 438 g/mol. The summed E-state index contributed by atoms with van der Waals surface area (Å²) in [6.45, 7) is 2.91. The Morgan fingerprint density at radius 2 is 1.77 bits per heavy atom. The van der Waals surface area contributed by atoms with Crippen molar-refractivity contribution in [2.45, 2.75) is 13.5 Å². The summed E-state index contributed by atoms with van der Waals surface area (Å²) in [5.41, 5.74) is 3.03. The Bertz CT molecular complexity index is 1220. The molecule has 0 aliphatic rings. The summed E-state index contributed by atoms with van der Waals surface area (Å²) >= 11 is 1.45. The molecule has 2 aromatic heterocycles. The molecular formula is C23H23N3O4S. The van der Waals surface area contributed by atoms with Crippen molar-refractivity contribution in [1.82, 2.24) is 9.55 Å². The normalized spacial score (nSPS) is 10.8. The van der Waals surface area contributed by atoms with Crippen molar-refractivity contribution in [3.8, 4) is 28.0 Å². The van der Waals surface area contributed by atoms with E-state index in [-0.39, 0.29) is 5.91 Å². The molecule has 160 valence electrons. The van der Waals surface area contributed by atoms with Gasteiger partial charge < -0.3 is 24.1 Å². The number of anilines is 1. The minimum absolute atomic E-state index is 0.309. The Kier molecular flexibility index (Phi) is 5.81. The van der Waals surface area contributed by atoms with Gasteiger partial charge in [0.25, 0.3) is 5.91 Å². The van der Waals surface area contributed by atoms with Crippen molar-refractivity contribution >= 4 is 33.8 Å². The molecule has 8 heteroatoms. The van der Waals surface area contributed by atoms with Crippen LogP contribution in [-0.2, 0) is 6.54 Å². The first-order valence-corrected chi connectivity index (χ1v) is 10.6. The molecule has 0 unspecified atom stereocenters. The van der Waals surface area contributed by atoms with Crippen LogP contribution in [-0.4, -0.2) is 36.8 Å². The van der Waals surface area contributed by atoms with Gasteiger partial charge in [0, 0.05) is 40.6 Å². The smallest absolute Gasteiger partial charge is 0.275 e. The number of hydrogen-bond donors (Lipinski definition) is 1. The molecule has 7 nitrogen and oxygen atoms in total. The second kappa shape index (κ2) is 8.69. The number of aromatic nitrogens is 2. The second-order valence-corrected chi connectivity index (χ2v) is 7.60. The average Bonchev–Trinajstić information content (AvgIpc) is 3.42. The van der Waals surface area contributed by atoms with E-state index in [1.54, 1.807) is 17.5 Å². The van der Waals surface area contributed by atoms with E-state index in [9.17, 15) is 4.79 Å². The molecule has 2 heterocycles. The maximum Gasteiger partial charge on any atom is 0.275 e. The molecule has 0 spiro atoms. The first-order valence-electron chi connectivity index (χ1n) is 9.75. The first kappa shape index (κ1) is 20.7. The van der Waals surface area contributed by atoms with E-state index < -0.39 is 0 Å². The third-order valence-corrected chi connectivity index (χ3v) is 5.87. The fourth-order valence-corrected chi connectivity index (χ4v) is 4.40. The fourth-order valence-electron chi connectivity index (χ4n) is 3.57. The van der Waals surface area contributed by atoms with E-state index in [4.69, 9.17) is 14.2 Å². The number of fused-ring (bicyclic) bond motifs is 1. The van der Waals surface area contributed by atoms with Gasteiger partial charge in [-0.15, -0.1) is 11.3 Å². The van der Waals surface area contributed by atoms with Gasteiger partial charge in [-0.2, -0.15) is 0 Å². The molecule has 0 saturated carbocycles. The molecule has 4 aromatic rings. The maximum absolute atomic E-state index is 12.9. The Balaban J connectivity index is 1.63. The van der Waals surface area contributed by atoms with Crippen molar-refractivity contribution < 1.29 is 19.0 Å². The molecule has 0 aliphatic carbocycles. The molecule has 31 heavy (non-hydrogen) atoms. The lowest BCUT2D eigenvalue weighted by atomic mass is 10.2. The van der Waals surface area contributed by atoms with Crippen LogP contribution in [0.5, 0.6) is 17.2 Å². The van der Waals surface area contributed by atoms with Crippen LogP contribution in [0.1, 0.15) is 17.4 Å². The molecule has 0 radical (unpaired) electrons. The third-order valence-electron chi connectivity index (χ3n) is 5.01. The summed E-state index contributed by atoms with van der Waals surface area (Å²) in [6, 6.07) is 13.7. The van der Waals surface area contributed by atoms with Crippen LogP contribution in [0.4, 0.5) is 5.69 Å². The minimum atomic E-state index is -0.309. The number of amides is 1. The number of para-hydroxylation sites is 1. The van der Waals surface area contributed by atoms with E-state index in [1.165, 1.54) is 32.7 Å². The number of carbonyl (C=O) groups excluding carboxylic acids is 1. The van der Waals surface area contributed by atoms with Crippen LogP contribution in [0.25, 0.3) is 21.6 Å². The van der Waals surface area contributed by atoms with Gasteiger partial charge in [0.15, 0.2) is 11.5 Å². The zero-order valence-electron chi connectivity index (χ0n) is 17.8. The SMILES string of the molecule is CCn1c(-c2nc(C(=O)Nc3cc(OC)c(OC)c(OC)c3)cs2)cc2ccccc21. The molecule has 4 rings (SSSR count). The third kappa shape index (κ3) is 3.82. The number of carbonyl (C=O) groups is 1. The summed E-state index contributed by atoms with van der Waals surface area (Å²) in [4.78, 5) is 17.5. The monoisotopic (exact) mass is 437 g/mol. The molecular weight excluding hydrogens is 414 g/mol. The fraction of sp³-hybridized carbons (Fsp3) is 0.217. The lowest BCUT2D eigenvalue weighted by Gasteiger charge is -2.14. The van der Waals surface area contributed by atoms with E-state index in [2.05, 4.69) is 40.0 Å². The number of rotatable bonds is 7. The van der Waals surface area contributed by atoms with Gasteiger partial charge in [-0.3, -0.25) is 4.79 Å². The van der Waals surface area contributed by atoms with Gasteiger partial charge in [0.2, 0.25) is 5.75 Å². The van der Waals surface area contributed by atoms with Gasteiger partial charge in [-0.25, -0.2) is 4.98 Å². The molecule has 0 atom stereocenters. The minimum Gasteiger partial charge on any atom is -0.493 e. The highest BCUT2D eigenvalue weighted by Gasteiger charge is 2.18. The summed E-state index contributed by atoms with van der Waals surface area (Å²) in [6.07, 6.45) is 0. The summed E-state index contributed by atoms with van der Waals surface area (Å²) in [7, 11) is 4.59. The van der Waals surface area contributed by atoms with Crippen LogP contribution in [0, 0.1) is 0 Å². The predicted octanol–water partition coefficient (Wildman–Crippen LogP) is 5.06. The number of thiazole rings is 1. The molecule has 1 N–H and O–H groups in total. The van der Waals surface area contributed by atoms with Crippen LogP contribution in [0.2, 0.25) is 0 Å². The molecule has 2 aromatic carbocycles. The van der Waals surface area contributed by atoms with Gasteiger partial charge in [0.1, 0.15) is 10.7 Å². The zero-order valence-corrected chi connectivity index (χ0v) is 18.6. The largest absolute Gasteiger partial charge is 0.493 e. The van der Waals surface area contributed by atoms with E-state index >= 15 is 0 Å². The van der Waals surface area contributed by atoms with Gasteiger partial charge in [-0.05, 0) is 19.1 Å². The number of benzene rings is 2. The Hall–Kier alpha value is -3.52. The van der Waals surface area contributed by atoms with Gasteiger partial charge >= 0.3 is 0 Å². The topological polar surface area (TPSA) is 74.6 Å². The van der Waals surface area contributed by atoms with Crippen LogP contribution in [0.15, 0.2) is 47.8 Å². The number of nitrogens with one attached hydrogen (secondary N) is 1. The maximum atomic E-state index is 12.9. The zero-order chi connectivity index (χ0) is 22.0. The molecule has 0 fully saturated rings. The highest BCUT2D eigenvalue weighted by Crippen LogP contribution is 2.40. The first-order chi connectivity index (χ1) is 15.1. The Morgan fingerprint density at radius 1 is 1.06 bits per heavy atom. The molecule has 0 bridgehead atoms. The summed E-state index contributed by atoms with van der Waals surface area (Å²) in [5.74, 6) is 1.08. The van der Waals surface area contributed by atoms with Crippen LogP contribution < -0.4 is 19.5 Å². The number of nitrogens with zero attached hydrogens (tertiary/aromatic N) is 2. The standard InChI is InChI=1S/C23H23N3O4S/c1-5-26-17-9-7-6-8-14(17)10-18(26)23-25-16(13-31-23)22(27)24-15-11-19(28-2)21(30-4)20(12-15)29-3/h6-13H,5H2,1-4H3,(H,24,27). The van der Waals surface area contributed by atoms with Crippen molar-refractivity contribution in [3.05, 3.63) is 53.5 Å². The van der Waals surface area contributed by atoms with Crippen molar-refractivity contribution in [1.29, 1.82) is 0 Å². The van der Waals surface area contributed by atoms with Crippen molar-refractivity contribution in [3.63, 3.8) is 0 Å². The number of aryl methyl sites for hydroxylation is 1. The highest BCUT2D eigenvalue weighted by atomic mass is 32.1. The number of hydrogen-bond acceptors (Lipinski definition) is 6. The quantitative estimate of drug-likeness (QED) is 0.437. The predicted molar refractivity (Wildman–Crippen MR) is 123 cm³/mol. The molecule has 0 saturated heterocycles. The molecule has 1 amide bonds. The lowest BCUT2D eigenvalue weighted by molar-refractivity contribution is 0.102. The second-order valence-electron chi connectivity index (χ2n) is 6.74. The number of ether oxygens (including phenoxy) is 3. The van der Waals surface area contributed by atoms with E-state index in [0.717, 1.165) is 28.1 Å².